The van der Waals surface area contributed by atoms with Gasteiger partial charge in [-0.15, -0.1) is 0 Å². The molecule has 122 valence electrons. The van der Waals surface area contributed by atoms with Crippen LogP contribution in [0.5, 0.6) is 0 Å². The first-order valence-corrected chi connectivity index (χ1v) is 8.46. The number of hydrogen-bond acceptors (Lipinski definition) is 3. The number of rotatable bonds is 4. The van der Waals surface area contributed by atoms with Crippen LogP contribution in [0.3, 0.4) is 0 Å². The smallest absolute Gasteiger partial charge is 0.239 e. The van der Waals surface area contributed by atoms with Crippen LogP contribution in [-0.4, -0.2) is 48.1 Å². The average Bonchev–Trinajstić information content (AvgIpc) is 3.22. The zero-order chi connectivity index (χ0) is 16.0. The Morgan fingerprint density at radius 1 is 1.30 bits per heavy atom. The van der Waals surface area contributed by atoms with Gasteiger partial charge in [-0.05, 0) is 36.8 Å². The van der Waals surface area contributed by atoms with E-state index in [1.54, 1.807) is 4.90 Å². The van der Waals surface area contributed by atoms with Crippen LogP contribution in [0, 0.1) is 5.92 Å². The first-order chi connectivity index (χ1) is 11.2. The minimum atomic E-state index is -0.573. The number of fused-ring (bicyclic) bond motifs is 2. The normalized spacial score (nSPS) is 26.2. The topological polar surface area (TPSA) is 60.9 Å². The van der Waals surface area contributed by atoms with E-state index in [0.717, 1.165) is 17.8 Å². The molecule has 2 aliphatic heterocycles. The monoisotopic (exact) mass is 314 g/mol. The quantitative estimate of drug-likeness (QED) is 0.911. The molecule has 4 rings (SSSR count). The summed E-state index contributed by atoms with van der Waals surface area (Å²) < 4.78 is 0. The molecule has 2 fully saturated rings. The third-order valence-corrected chi connectivity index (χ3v) is 5.45. The van der Waals surface area contributed by atoms with Crippen LogP contribution in [0.4, 0.5) is 5.69 Å². The second-order valence-electron chi connectivity index (χ2n) is 7.00. The molecular weight excluding hydrogens is 292 g/mol. The van der Waals surface area contributed by atoms with E-state index in [-0.39, 0.29) is 24.8 Å². The van der Waals surface area contributed by atoms with Crippen LogP contribution < -0.4 is 4.90 Å². The molecule has 5 heteroatoms. The van der Waals surface area contributed by atoms with Crippen LogP contribution >= 0.6 is 0 Å². The molecular formula is C18H22N2O3. The highest BCUT2D eigenvalue weighted by atomic mass is 16.3. The molecule has 1 saturated carbocycles. The molecule has 1 spiro atoms. The van der Waals surface area contributed by atoms with Gasteiger partial charge in [0.05, 0.1) is 12.0 Å². The Balaban J connectivity index is 1.66. The number of carbonyl (C=O) groups excluding carboxylic acids is 2. The molecule has 1 aromatic rings. The number of aliphatic hydroxyl groups is 1. The van der Waals surface area contributed by atoms with Gasteiger partial charge in [0.1, 0.15) is 0 Å². The molecule has 0 bridgehead atoms. The predicted molar refractivity (Wildman–Crippen MR) is 86.1 cm³/mol. The van der Waals surface area contributed by atoms with E-state index in [2.05, 4.69) is 0 Å². The third-order valence-electron chi connectivity index (χ3n) is 5.45. The van der Waals surface area contributed by atoms with E-state index in [4.69, 9.17) is 5.11 Å². The Kier molecular flexibility index (Phi) is 3.41. The van der Waals surface area contributed by atoms with E-state index in [1.807, 2.05) is 29.2 Å². The number of benzene rings is 1. The number of hydrogen-bond donors (Lipinski definition) is 1. The summed E-state index contributed by atoms with van der Waals surface area (Å²) >= 11 is 0. The fourth-order valence-corrected chi connectivity index (χ4v) is 4.01. The van der Waals surface area contributed by atoms with Gasteiger partial charge in [-0.2, -0.15) is 0 Å². The van der Waals surface area contributed by atoms with Crippen molar-refractivity contribution in [1.29, 1.82) is 0 Å². The minimum absolute atomic E-state index is 0.0599. The van der Waals surface area contributed by atoms with E-state index in [9.17, 15) is 9.59 Å². The maximum absolute atomic E-state index is 13.2. The molecule has 1 saturated heterocycles. The maximum atomic E-state index is 13.2. The van der Waals surface area contributed by atoms with Gasteiger partial charge in [-0.25, -0.2) is 0 Å². The van der Waals surface area contributed by atoms with Gasteiger partial charge in [0.25, 0.3) is 0 Å². The first-order valence-electron chi connectivity index (χ1n) is 8.46. The summed E-state index contributed by atoms with van der Waals surface area (Å²) in [7, 11) is 0. The number of amides is 2. The molecule has 0 aromatic heterocycles. The summed E-state index contributed by atoms with van der Waals surface area (Å²) in [5.41, 5.74) is 1.53. The van der Waals surface area contributed by atoms with Gasteiger partial charge in [-0.1, -0.05) is 18.2 Å². The van der Waals surface area contributed by atoms with Gasteiger partial charge in [0.2, 0.25) is 11.8 Å². The molecule has 23 heavy (non-hydrogen) atoms. The van der Waals surface area contributed by atoms with Crippen LogP contribution in [0.15, 0.2) is 24.3 Å². The fourth-order valence-electron chi connectivity index (χ4n) is 4.01. The van der Waals surface area contributed by atoms with E-state index in [0.29, 0.717) is 25.4 Å². The Hall–Kier alpha value is -1.88. The third kappa shape index (κ3) is 2.26. The van der Waals surface area contributed by atoms with Crippen molar-refractivity contribution >= 4 is 17.5 Å². The molecule has 2 heterocycles. The summed E-state index contributed by atoms with van der Waals surface area (Å²) in [6, 6.07) is 8.03. The van der Waals surface area contributed by atoms with Crippen LogP contribution in [0.25, 0.3) is 0 Å². The Labute approximate surface area is 135 Å². The van der Waals surface area contributed by atoms with Gasteiger partial charge in [0.15, 0.2) is 0 Å². The van der Waals surface area contributed by atoms with E-state index in [1.165, 1.54) is 12.8 Å². The zero-order valence-corrected chi connectivity index (χ0v) is 13.2. The highest BCUT2D eigenvalue weighted by molar-refractivity contribution is 6.09. The number of carbonyl (C=O) groups is 2. The first kappa shape index (κ1) is 14.7. The summed E-state index contributed by atoms with van der Waals surface area (Å²) in [6.07, 6.45) is 3.24. The summed E-state index contributed by atoms with van der Waals surface area (Å²) in [6.45, 7) is 1.71. The van der Waals surface area contributed by atoms with Crippen molar-refractivity contribution < 1.29 is 14.7 Å². The predicted octanol–water partition coefficient (Wildman–Crippen LogP) is 1.30. The summed E-state index contributed by atoms with van der Waals surface area (Å²) in [5.74, 6) is 0.732. The lowest BCUT2D eigenvalue weighted by Crippen LogP contribution is -2.44. The van der Waals surface area contributed by atoms with Crippen molar-refractivity contribution in [3.63, 3.8) is 0 Å². The second-order valence-corrected chi connectivity index (χ2v) is 7.00. The van der Waals surface area contributed by atoms with Crippen LogP contribution in [0.1, 0.15) is 31.2 Å². The Bertz CT molecular complexity index is 655. The SMILES string of the molecule is O=C(CCO)N1CC[C@@]2(C1)C(=O)N(CC1CC1)c1ccccc12. The average molecular weight is 314 g/mol. The molecule has 0 unspecified atom stereocenters. The lowest BCUT2D eigenvalue weighted by Gasteiger charge is -2.24. The number of aliphatic hydroxyl groups excluding tert-OH is 1. The highest BCUT2D eigenvalue weighted by Gasteiger charge is 2.55. The Morgan fingerprint density at radius 2 is 2.09 bits per heavy atom. The lowest BCUT2D eigenvalue weighted by atomic mass is 9.81. The van der Waals surface area contributed by atoms with Gasteiger partial charge < -0.3 is 14.9 Å². The van der Waals surface area contributed by atoms with Crippen LogP contribution in [-0.2, 0) is 15.0 Å². The van der Waals surface area contributed by atoms with Crippen molar-refractivity contribution in [2.24, 2.45) is 5.92 Å². The number of nitrogens with zero attached hydrogens (tertiary/aromatic N) is 2. The Morgan fingerprint density at radius 3 is 2.83 bits per heavy atom. The number of para-hydroxylation sites is 1. The maximum Gasteiger partial charge on any atom is 0.239 e. The van der Waals surface area contributed by atoms with E-state index < -0.39 is 5.41 Å². The molecule has 1 N–H and O–H groups in total. The number of likely N-dealkylation sites (tertiary alicyclic amines) is 1. The minimum Gasteiger partial charge on any atom is -0.396 e. The van der Waals surface area contributed by atoms with Crippen molar-refractivity contribution in [3.8, 4) is 0 Å². The molecule has 1 atom stereocenters. The fraction of sp³-hybridized carbons (Fsp3) is 0.556. The largest absolute Gasteiger partial charge is 0.396 e. The van der Waals surface area contributed by atoms with Gasteiger partial charge in [-0.3, -0.25) is 9.59 Å². The molecule has 2 amide bonds. The lowest BCUT2D eigenvalue weighted by molar-refractivity contribution is -0.131. The van der Waals surface area contributed by atoms with Crippen molar-refractivity contribution in [2.45, 2.75) is 31.1 Å². The molecule has 1 aromatic carbocycles. The molecule has 1 aliphatic carbocycles. The molecule has 0 radical (unpaired) electrons. The van der Waals surface area contributed by atoms with Gasteiger partial charge in [0, 0.05) is 31.7 Å². The zero-order valence-electron chi connectivity index (χ0n) is 13.2. The number of anilines is 1. The highest BCUT2D eigenvalue weighted by Crippen LogP contribution is 2.48. The van der Waals surface area contributed by atoms with Crippen molar-refractivity contribution in [3.05, 3.63) is 29.8 Å². The van der Waals surface area contributed by atoms with Crippen molar-refractivity contribution in [1.82, 2.24) is 4.90 Å². The standard InChI is InChI=1S/C18H22N2O3/c21-10-7-16(22)19-9-8-18(12-19)14-3-1-2-4-15(14)20(17(18)23)11-13-5-6-13/h1-4,13,21H,5-12H2/t18-/m0/s1. The van der Waals surface area contributed by atoms with Gasteiger partial charge >= 0.3 is 0 Å². The molecule has 5 nitrogen and oxygen atoms in total. The van der Waals surface area contributed by atoms with Crippen molar-refractivity contribution in [2.75, 3.05) is 31.1 Å². The van der Waals surface area contributed by atoms with Crippen LogP contribution in [0.2, 0.25) is 0 Å². The molecule has 3 aliphatic rings. The summed E-state index contributed by atoms with van der Waals surface area (Å²) in [5, 5.41) is 8.99. The van der Waals surface area contributed by atoms with E-state index >= 15 is 0 Å². The summed E-state index contributed by atoms with van der Waals surface area (Å²) in [4.78, 5) is 29.0. The second kappa shape index (κ2) is 5.34.